The first-order chi connectivity index (χ1) is 7.49. The number of nitrogens with zero attached hydrogens (tertiary/aromatic N) is 1. The zero-order valence-corrected chi connectivity index (χ0v) is 11.6. The van der Waals surface area contributed by atoms with E-state index in [9.17, 15) is 0 Å². The molecule has 1 heterocycles. The van der Waals surface area contributed by atoms with Crippen LogP contribution in [0.3, 0.4) is 0 Å². The Balaban J connectivity index is 2.61. The molecule has 1 saturated heterocycles. The van der Waals surface area contributed by atoms with Crippen molar-refractivity contribution in [2.45, 2.75) is 53.1 Å². The van der Waals surface area contributed by atoms with Crippen LogP contribution in [0.2, 0.25) is 0 Å². The van der Waals surface area contributed by atoms with Crippen LogP contribution in [0, 0.1) is 5.41 Å². The molecule has 0 bridgehead atoms. The lowest BCUT2D eigenvalue weighted by molar-refractivity contribution is 0.0938. The topological polar surface area (TPSA) is 15.3 Å². The second-order valence-electron chi connectivity index (χ2n) is 5.91. The number of piperazine rings is 1. The largest absolute Gasteiger partial charge is 0.311 e. The van der Waals surface area contributed by atoms with Crippen molar-refractivity contribution >= 4 is 0 Å². The van der Waals surface area contributed by atoms with Crippen LogP contribution < -0.4 is 5.32 Å². The van der Waals surface area contributed by atoms with Crippen LogP contribution in [-0.4, -0.2) is 36.6 Å². The Morgan fingerprint density at radius 3 is 2.56 bits per heavy atom. The van der Waals surface area contributed by atoms with Crippen LogP contribution >= 0.6 is 0 Å². The maximum Gasteiger partial charge on any atom is 0.0244 e. The van der Waals surface area contributed by atoms with Gasteiger partial charge in [-0.05, 0) is 18.8 Å². The number of hydrogen-bond acceptors (Lipinski definition) is 2. The minimum Gasteiger partial charge on any atom is -0.311 e. The van der Waals surface area contributed by atoms with Crippen molar-refractivity contribution in [3.8, 4) is 0 Å². The van der Waals surface area contributed by atoms with E-state index in [0.29, 0.717) is 17.5 Å². The number of allylic oxidation sites excluding steroid dienone is 1. The molecule has 0 radical (unpaired) electrons. The van der Waals surface area contributed by atoms with Gasteiger partial charge in [0.15, 0.2) is 0 Å². The fourth-order valence-corrected chi connectivity index (χ4v) is 2.30. The molecule has 2 nitrogen and oxygen atoms in total. The van der Waals surface area contributed by atoms with E-state index in [0.717, 1.165) is 13.1 Å². The third-order valence-corrected chi connectivity index (χ3v) is 3.63. The minimum absolute atomic E-state index is 0.354. The summed E-state index contributed by atoms with van der Waals surface area (Å²) in [6, 6.07) is 1.32. The van der Waals surface area contributed by atoms with Crippen molar-refractivity contribution in [3.05, 3.63) is 12.2 Å². The van der Waals surface area contributed by atoms with Gasteiger partial charge in [-0.15, -0.1) is 0 Å². The second kappa shape index (κ2) is 5.83. The molecule has 0 spiro atoms. The Bertz CT molecular complexity index is 227. The molecule has 1 rings (SSSR count). The first-order valence-electron chi connectivity index (χ1n) is 6.57. The van der Waals surface area contributed by atoms with E-state index < -0.39 is 0 Å². The molecule has 0 aromatic carbocycles. The van der Waals surface area contributed by atoms with Crippen molar-refractivity contribution < 1.29 is 0 Å². The molecular formula is C14H28N2. The Labute approximate surface area is 101 Å². The van der Waals surface area contributed by atoms with Crippen LogP contribution in [0.1, 0.15) is 41.0 Å². The third-order valence-electron chi connectivity index (χ3n) is 3.63. The Morgan fingerprint density at radius 2 is 2.06 bits per heavy atom. The van der Waals surface area contributed by atoms with Crippen molar-refractivity contribution in [1.29, 1.82) is 0 Å². The van der Waals surface area contributed by atoms with Gasteiger partial charge in [-0.3, -0.25) is 4.90 Å². The van der Waals surface area contributed by atoms with Crippen LogP contribution in [0.4, 0.5) is 0 Å². The van der Waals surface area contributed by atoms with Gasteiger partial charge in [0.25, 0.3) is 0 Å². The van der Waals surface area contributed by atoms with Gasteiger partial charge in [-0.2, -0.15) is 0 Å². The van der Waals surface area contributed by atoms with Gasteiger partial charge in [-0.25, -0.2) is 0 Å². The van der Waals surface area contributed by atoms with E-state index in [1.807, 2.05) is 0 Å². The molecule has 0 aromatic rings. The summed E-state index contributed by atoms with van der Waals surface area (Å²) >= 11 is 0. The predicted molar refractivity (Wildman–Crippen MR) is 71.7 cm³/mol. The van der Waals surface area contributed by atoms with Crippen molar-refractivity contribution in [2.75, 3.05) is 19.6 Å². The predicted octanol–water partition coefficient (Wildman–Crippen LogP) is 2.66. The van der Waals surface area contributed by atoms with E-state index in [4.69, 9.17) is 0 Å². The summed E-state index contributed by atoms with van der Waals surface area (Å²) in [6.45, 7) is 14.8. The van der Waals surface area contributed by atoms with Crippen molar-refractivity contribution in [3.63, 3.8) is 0 Å². The summed E-state index contributed by atoms with van der Waals surface area (Å²) in [6.07, 6.45) is 5.66. The van der Waals surface area contributed by atoms with Crippen LogP contribution in [-0.2, 0) is 0 Å². The SMILES string of the molecule is C/C=C/CN1CC(C(C)(C)C)NCC1CC. The monoisotopic (exact) mass is 224 g/mol. The smallest absolute Gasteiger partial charge is 0.0244 e. The first-order valence-corrected chi connectivity index (χ1v) is 6.57. The molecule has 2 heteroatoms. The van der Waals surface area contributed by atoms with E-state index in [-0.39, 0.29) is 0 Å². The molecule has 16 heavy (non-hydrogen) atoms. The molecule has 0 saturated carbocycles. The minimum atomic E-state index is 0.354. The average molecular weight is 224 g/mol. The van der Waals surface area contributed by atoms with Gasteiger partial charge >= 0.3 is 0 Å². The molecule has 0 aromatic heterocycles. The summed E-state index contributed by atoms with van der Waals surface area (Å²) in [5, 5.41) is 3.70. The van der Waals surface area contributed by atoms with Crippen molar-refractivity contribution in [2.24, 2.45) is 5.41 Å². The summed E-state index contributed by atoms with van der Waals surface area (Å²) < 4.78 is 0. The third kappa shape index (κ3) is 3.60. The maximum atomic E-state index is 3.70. The molecule has 1 aliphatic rings. The van der Waals surface area contributed by atoms with E-state index >= 15 is 0 Å². The highest BCUT2D eigenvalue weighted by Crippen LogP contribution is 2.24. The van der Waals surface area contributed by atoms with E-state index in [2.05, 4.69) is 57.0 Å². The van der Waals surface area contributed by atoms with Crippen LogP contribution in [0.15, 0.2) is 12.2 Å². The number of nitrogens with one attached hydrogen (secondary N) is 1. The van der Waals surface area contributed by atoms with Gasteiger partial charge in [-0.1, -0.05) is 39.8 Å². The Kier molecular flexibility index (Phi) is 5.00. The fourth-order valence-electron chi connectivity index (χ4n) is 2.30. The average Bonchev–Trinajstić information content (AvgIpc) is 2.24. The summed E-state index contributed by atoms with van der Waals surface area (Å²) in [7, 11) is 0. The standard InChI is InChI=1S/C14H28N2/c1-6-8-9-16-11-13(14(3,4)5)15-10-12(16)7-2/h6,8,12-13,15H,7,9-11H2,1-5H3/b8-6+. The first kappa shape index (κ1) is 13.7. The second-order valence-corrected chi connectivity index (χ2v) is 5.91. The molecule has 0 aliphatic carbocycles. The summed E-state index contributed by atoms with van der Waals surface area (Å²) in [5.74, 6) is 0. The quantitative estimate of drug-likeness (QED) is 0.741. The van der Waals surface area contributed by atoms with Crippen LogP contribution in [0.25, 0.3) is 0 Å². The molecule has 94 valence electrons. The van der Waals surface area contributed by atoms with Gasteiger partial charge < -0.3 is 5.32 Å². The molecule has 1 N–H and O–H groups in total. The highest BCUT2D eigenvalue weighted by Gasteiger charge is 2.32. The van der Waals surface area contributed by atoms with Gasteiger partial charge in [0.2, 0.25) is 0 Å². The normalized spacial score (nSPS) is 28.8. The lowest BCUT2D eigenvalue weighted by atomic mass is 9.84. The molecule has 1 fully saturated rings. The zero-order valence-electron chi connectivity index (χ0n) is 11.6. The molecule has 1 aliphatic heterocycles. The van der Waals surface area contributed by atoms with E-state index in [1.165, 1.54) is 13.0 Å². The number of hydrogen-bond donors (Lipinski definition) is 1. The lowest BCUT2D eigenvalue weighted by Crippen LogP contribution is -2.60. The maximum absolute atomic E-state index is 3.70. The molecule has 2 atom stereocenters. The zero-order chi connectivity index (χ0) is 12.2. The van der Waals surface area contributed by atoms with Gasteiger partial charge in [0, 0.05) is 31.7 Å². The lowest BCUT2D eigenvalue weighted by Gasteiger charge is -2.44. The summed E-state index contributed by atoms with van der Waals surface area (Å²) in [5.41, 5.74) is 0.354. The van der Waals surface area contributed by atoms with Crippen LogP contribution in [0.5, 0.6) is 0 Å². The molecule has 2 unspecified atom stereocenters. The highest BCUT2D eigenvalue weighted by atomic mass is 15.2. The number of rotatable bonds is 3. The molecule has 0 amide bonds. The Morgan fingerprint density at radius 1 is 1.38 bits per heavy atom. The highest BCUT2D eigenvalue weighted by molar-refractivity contribution is 4.94. The Hall–Kier alpha value is -0.340. The van der Waals surface area contributed by atoms with Gasteiger partial charge in [0.1, 0.15) is 0 Å². The van der Waals surface area contributed by atoms with Crippen molar-refractivity contribution in [1.82, 2.24) is 10.2 Å². The fraction of sp³-hybridized carbons (Fsp3) is 0.857. The molecular weight excluding hydrogens is 196 g/mol. The summed E-state index contributed by atoms with van der Waals surface area (Å²) in [4.78, 5) is 2.62. The van der Waals surface area contributed by atoms with Gasteiger partial charge in [0.05, 0.1) is 0 Å². The van der Waals surface area contributed by atoms with E-state index in [1.54, 1.807) is 0 Å².